The van der Waals surface area contributed by atoms with Crippen molar-refractivity contribution in [3.05, 3.63) is 99.7 Å². The predicted octanol–water partition coefficient (Wildman–Crippen LogP) is 5.96. The van der Waals surface area contributed by atoms with Crippen LogP contribution in [0.5, 0.6) is 5.75 Å². The van der Waals surface area contributed by atoms with Gasteiger partial charge in [0.2, 0.25) is 0 Å². The minimum Gasteiger partial charge on any atom is -0.406 e. The second-order valence-corrected chi connectivity index (χ2v) is 6.92. The summed E-state index contributed by atoms with van der Waals surface area (Å²) in [5.41, 5.74) is 2.55. The van der Waals surface area contributed by atoms with E-state index in [9.17, 15) is 26.7 Å². The van der Waals surface area contributed by atoms with Crippen molar-refractivity contribution in [2.45, 2.75) is 12.8 Å². The van der Waals surface area contributed by atoms with E-state index in [-0.39, 0.29) is 16.7 Å². The Morgan fingerprint density at radius 2 is 1.39 bits per heavy atom. The molecule has 0 saturated heterocycles. The second-order valence-electron chi connectivity index (χ2n) is 6.92. The molecule has 0 aliphatic carbocycles. The maximum absolute atomic E-state index is 13.5. The average Bonchev–Trinajstić information content (AvgIpc) is 2.70. The minimum atomic E-state index is -4.74. The van der Waals surface area contributed by atoms with Gasteiger partial charge in [0.25, 0.3) is 0 Å². The van der Waals surface area contributed by atoms with Crippen LogP contribution in [0.3, 0.4) is 0 Å². The van der Waals surface area contributed by atoms with Gasteiger partial charge in [0.1, 0.15) is 5.75 Å². The molecule has 4 rings (SSSR count). The average molecular weight is 431 g/mol. The van der Waals surface area contributed by atoms with Crippen LogP contribution in [-0.2, 0) is 6.42 Å². The Morgan fingerprint density at radius 3 is 2.00 bits per heavy atom. The lowest BCUT2D eigenvalue weighted by Gasteiger charge is -2.10. The molecule has 0 fully saturated rings. The van der Waals surface area contributed by atoms with E-state index < -0.39 is 23.4 Å². The van der Waals surface area contributed by atoms with Crippen molar-refractivity contribution >= 4 is 10.9 Å². The fraction of sp³-hybridized carbons (Fsp3) is 0.0870. The van der Waals surface area contributed by atoms with Crippen LogP contribution in [0.25, 0.3) is 22.2 Å². The number of aromatic amines is 1. The summed E-state index contributed by atoms with van der Waals surface area (Å²) in [5, 5.41) is 0.0530. The van der Waals surface area contributed by atoms with Crippen molar-refractivity contribution in [1.82, 2.24) is 4.98 Å². The van der Waals surface area contributed by atoms with E-state index >= 15 is 0 Å². The molecule has 0 bridgehead atoms. The van der Waals surface area contributed by atoms with Crippen LogP contribution in [0.15, 0.2) is 71.5 Å². The van der Waals surface area contributed by atoms with E-state index in [0.29, 0.717) is 17.7 Å². The molecule has 31 heavy (non-hydrogen) atoms. The zero-order valence-electron chi connectivity index (χ0n) is 15.8. The predicted molar refractivity (Wildman–Crippen MR) is 106 cm³/mol. The van der Waals surface area contributed by atoms with Crippen molar-refractivity contribution in [3.63, 3.8) is 0 Å². The van der Waals surface area contributed by atoms with Crippen molar-refractivity contribution in [2.24, 2.45) is 0 Å². The van der Waals surface area contributed by atoms with Gasteiger partial charge < -0.3 is 9.72 Å². The molecular weight excluding hydrogens is 417 g/mol. The fourth-order valence-corrected chi connectivity index (χ4v) is 3.25. The lowest BCUT2D eigenvalue weighted by atomic mass is 10.0. The monoisotopic (exact) mass is 431 g/mol. The van der Waals surface area contributed by atoms with Crippen molar-refractivity contribution in [1.29, 1.82) is 0 Å². The summed E-state index contributed by atoms with van der Waals surface area (Å²) >= 11 is 0. The Bertz CT molecular complexity index is 1290. The van der Waals surface area contributed by atoms with Gasteiger partial charge in [-0.3, -0.25) is 4.79 Å². The number of rotatable bonds is 4. The van der Waals surface area contributed by atoms with Gasteiger partial charge >= 0.3 is 6.36 Å². The molecule has 1 aromatic heterocycles. The van der Waals surface area contributed by atoms with Gasteiger partial charge in [-0.2, -0.15) is 0 Å². The maximum Gasteiger partial charge on any atom is 0.573 e. The summed E-state index contributed by atoms with van der Waals surface area (Å²) < 4.78 is 67.5. The highest BCUT2D eigenvalue weighted by molar-refractivity contribution is 5.81. The first-order chi connectivity index (χ1) is 14.7. The molecule has 1 heterocycles. The smallest absolute Gasteiger partial charge is 0.406 e. The lowest BCUT2D eigenvalue weighted by molar-refractivity contribution is -0.274. The highest BCUT2D eigenvalue weighted by atomic mass is 19.4. The molecule has 8 heteroatoms. The molecule has 0 unspecified atom stereocenters. The van der Waals surface area contributed by atoms with Crippen molar-refractivity contribution in [2.75, 3.05) is 0 Å². The summed E-state index contributed by atoms with van der Waals surface area (Å²) in [6, 6.07) is 15.8. The van der Waals surface area contributed by atoms with Gasteiger partial charge in [-0.05, 0) is 41.3 Å². The van der Waals surface area contributed by atoms with E-state index in [1.807, 2.05) is 12.1 Å². The van der Waals surface area contributed by atoms with Crippen LogP contribution >= 0.6 is 0 Å². The van der Waals surface area contributed by atoms with Crippen LogP contribution in [0, 0.1) is 11.6 Å². The summed E-state index contributed by atoms with van der Waals surface area (Å²) in [4.78, 5) is 15.2. The molecule has 0 spiro atoms. The number of halogens is 5. The molecule has 0 saturated carbocycles. The Hall–Kier alpha value is -3.68. The number of ether oxygens (including phenoxy) is 1. The van der Waals surface area contributed by atoms with Gasteiger partial charge in [0.05, 0.1) is 5.52 Å². The summed E-state index contributed by atoms with van der Waals surface area (Å²) in [6.45, 7) is 0. The topological polar surface area (TPSA) is 42.1 Å². The van der Waals surface area contributed by atoms with E-state index in [1.165, 1.54) is 18.2 Å². The zero-order valence-corrected chi connectivity index (χ0v) is 15.8. The Morgan fingerprint density at radius 1 is 0.806 bits per heavy atom. The van der Waals surface area contributed by atoms with E-state index in [4.69, 9.17) is 0 Å². The SMILES string of the molecule is O=c1cc(-c2ccc(Cc3ccc(OC(F)(F)F)cc3)cc2)[nH]c2cc(F)c(F)cc12. The largest absolute Gasteiger partial charge is 0.573 e. The van der Waals surface area contributed by atoms with E-state index in [0.717, 1.165) is 23.3 Å². The van der Waals surface area contributed by atoms with Gasteiger partial charge in [-0.15, -0.1) is 13.2 Å². The van der Waals surface area contributed by atoms with Crippen molar-refractivity contribution < 1.29 is 26.7 Å². The number of fused-ring (bicyclic) bond motifs is 1. The minimum absolute atomic E-state index is 0.0530. The third-order valence-corrected chi connectivity index (χ3v) is 4.70. The number of hydrogen-bond donors (Lipinski definition) is 1. The molecule has 158 valence electrons. The highest BCUT2D eigenvalue weighted by Crippen LogP contribution is 2.24. The first-order valence-corrected chi connectivity index (χ1v) is 9.14. The summed E-state index contributed by atoms with van der Waals surface area (Å²) in [6.07, 6.45) is -4.26. The van der Waals surface area contributed by atoms with E-state index in [1.54, 1.807) is 24.3 Å². The highest BCUT2D eigenvalue weighted by Gasteiger charge is 2.30. The Labute approximate surface area is 172 Å². The molecule has 0 amide bonds. The third kappa shape index (κ3) is 4.74. The number of nitrogens with one attached hydrogen (secondary N) is 1. The molecule has 0 aliphatic heterocycles. The number of H-pyrrole nitrogens is 1. The normalized spacial score (nSPS) is 11.6. The standard InChI is InChI=1S/C23H14F5NO2/c24-18-10-17-21(11-19(18)25)29-20(12-22(17)30)15-5-1-13(2-6-15)9-14-3-7-16(8-4-14)31-23(26,27)28/h1-8,10-12H,9H2,(H,29,30). The van der Waals surface area contributed by atoms with Crippen LogP contribution in [0.1, 0.15) is 11.1 Å². The third-order valence-electron chi connectivity index (χ3n) is 4.70. The second kappa shape index (κ2) is 7.86. The molecule has 0 atom stereocenters. The van der Waals surface area contributed by atoms with Gasteiger partial charge in [-0.1, -0.05) is 36.4 Å². The van der Waals surface area contributed by atoms with Gasteiger partial charge in [-0.25, -0.2) is 8.78 Å². The van der Waals surface area contributed by atoms with Crippen molar-refractivity contribution in [3.8, 4) is 17.0 Å². The summed E-state index contributed by atoms with van der Waals surface area (Å²) in [5.74, 6) is -2.43. The number of alkyl halides is 3. The Kier molecular flexibility index (Phi) is 5.22. The number of hydrogen-bond acceptors (Lipinski definition) is 2. The van der Waals surface area contributed by atoms with Gasteiger partial charge in [0.15, 0.2) is 17.1 Å². The van der Waals surface area contributed by atoms with Gasteiger partial charge in [0, 0.05) is 23.2 Å². The van der Waals surface area contributed by atoms with Crippen LogP contribution in [0.4, 0.5) is 22.0 Å². The van der Waals surface area contributed by atoms with E-state index in [2.05, 4.69) is 9.72 Å². The zero-order chi connectivity index (χ0) is 22.2. The lowest BCUT2D eigenvalue weighted by Crippen LogP contribution is -2.17. The first kappa shape index (κ1) is 20.6. The Balaban J connectivity index is 1.54. The molecule has 1 N–H and O–H groups in total. The molecular formula is C23H14F5NO2. The van der Waals surface area contributed by atoms with Crippen LogP contribution < -0.4 is 10.2 Å². The summed E-state index contributed by atoms with van der Waals surface area (Å²) in [7, 11) is 0. The quantitative estimate of drug-likeness (QED) is 0.405. The molecule has 0 radical (unpaired) electrons. The van der Waals surface area contributed by atoms with Crippen LogP contribution in [-0.4, -0.2) is 11.3 Å². The molecule has 3 aromatic carbocycles. The number of benzene rings is 3. The maximum atomic E-state index is 13.5. The molecule has 4 aromatic rings. The number of aromatic nitrogens is 1. The van der Waals surface area contributed by atoms with Crippen LogP contribution in [0.2, 0.25) is 0 Å². The fourth-order valence-electron chi connectivity index (χ4n) is 3.25. The molecule has 0 aliphatic rings. The molecule has 3 nitrogen and oxygen atoms in total. The number of pyridine rings is 1. The first-order valence-electron chi connectivity index (χ1n) is 9.14.